The molecule has 0 saturated carbocycles. The molecule has 0 spiro atoms. The van der Waals surface area contributed by atoms with Gasteiger partial charge in [-0.05, 0) is 12.2 Å². The highest BCUT2D eigenvalue weighted by Gasteiger charge is 1.81. The molecule has 0 aliphatic carbocycles. The summed E-state index contributed by atoms with van der Waals surface area (Å²) < 4.78 is 0. The average molecular weight is 146 g/mol. The summed E-state index contributed by atoms with van der Waals surface area (Å²) in [6, 6.07) is 0. The molecule has 0 aromatic carbocycles. The normalized spacial score (nSPS) is 12.4. The number of aliphatic imine (C=N–C) groups is 1. The van der Waals surface area contributed by atoms with Gasteiger partial charge in [-0.3, -0.25) is 10.4 Å². The molecule has 0 unspecified atom stereocenters. The van der Waals surface area contributed by atoms with Crippen molar-refractivity contribution in [2.45, 2.75) is 0 Å². The average Bonchev–Trinajstić information content (AvgIpc) is 1.83. The second kappa shape index (κ2) is 4.09. The van der Waals surface area contributed by atoms with Gasteiger partial charge in [-0.2, -0.15) is 0 Å². The highest BCUT2D eigenvalue weighted by Crippen LogP contribution is 1.85. The molecule has 50 valence electrons. The van der Waals surface area contributed by atoms with E-state index < -0.39 is 0 Å². The van der Waals surface area contributed by atoms with E-state index in [0.29, 0.717) is 5.17 Å². The predicted octanol–water partition coefficient (Wildman–Crippen LogP) is 0.746. The van der Waals surface area contributed by atoms with Gasteiger partial charge in [-0.1, -0.05) is 11.6 Å². The van der Waals surface area contributed by atoms with E-state index in [2.05, 4.69) is 4.99 Å². The van der Waals surface area contributed by atoms with Gasteiger partial charge < -0.3 is 5.73 Å². The molecule has 0 bridgehead atoms. The van der Waals surface area contributed by atoms with Gasteiger partial charge in [0.25, 0.3) is 0 Å². The minimum Gasteiger partial charge on any atom is -0.384 e. The lowest BCUT2D eigenvalue weighted by atomic mass is 10.5. The number of nitrogens with zero attached hydrogens (tertiary/aromatic N) is 1. The predicted molar refractivity (Wildman–Crippen MR) is 40.3 cm³/mol. The van der Waals surface area contributed by atoms with Crippen LogP contribution in [-0.2, 0) is 0 Å². The molecule has 0 aromatic heterocycles. The van der Waals surface area contributed by atoms with Crippen LogP contribution in [0.25, 0.3) is 0 Å². The zero-order valence-corrected chi connectivity index (χ0v) is 5.81. The lowest BCUT2D eigenvalue weighted by Crippen LogP contribution is -2.04. The van der Waals surface area contributed by atoms with E-state index in [4.69, 9.17) is 22.7 Å². The zero-order valence-electron chi connectivity index (χ0n) is 5.06. The van der Waals surface area contributed by atoms with Gasteiger partial charge in [0, 0.05) is 7.05 Å². The van der Waals surface area contributed by atoms with E-state index in [1.807, 2.05) is 0 Å². The van der Waals surface area contributed by atoms with E-state index in [-0.39, 0.29) is 5.84 Å². The summed E-state index contributed by atoms with van der Waals surface area (Å²) >= 11 is 5.42. The number of nitrogens with two attached hydrogens (primary N) is 1. The number of halogens is 1. The largest absolute Gasteiger partial charge is 0.384 e. The van der Waals surface area contributed by atoms with Gasteiger partial charge in [-0.25, -0.2) is 0 Å². The Morgan fingerprint density at radius 2 is 2.22 bits per heavy atom. The summed E-state index contributed by atoms with van der Waals surface area (Å²) in [4.78, 5) is 3.60. The lowest BCUT2D eigenvalue weighted by molar-refractivity contribution is 1.45. The Morgan fingerprint density at radius 1 is 1.67 bits per heavy atom. The number of allylic oxidation sites excluding steroid dienone is 1. The molecule has 0 aliphatic heterocycles. The minimum absolute atomic E-state index is 0.0307. The second-order valence-electron chi connectivity index (χ2n) is 1.34. The van der Waals surface area contributed by atoms with Crippen LogP contribution in [0.15, 0.2) is 17.1 Å². The van der Waals surface area contributed by atoms with Crippen LogP contribution in [0.2, 0.25) is 0 Å². The quantitative estimate of drug-likeness (QED) is 0.437. The SMILES string of the molecule is C/N=C(Cl)\C=C/C(=N)N. The van der Waals surface area contributed by atoms with Crippen molar-refractivity contribution in [3.05, 3.63) is 12.2 Å². The Balaban J connectivity index is 3.86. The van der Waals surface area contributed by atoms with Crippen molar-refractivity contribution in [3.8, 4) is 0 Å². The van der Waals surface area contributed by atoms with Gasteiger partial charge in [0.2, 0.25) is 0 Å². The van der Waals surface area contributed by atoms with Crippen LogP contribution >= 0.6 is 11.6 Å². The first-order chi connectivity index (χ1) is 4.16. The number of hydrogen-bond donors (Lipinski definition) is 2. The fraction of sp³-hybridized carbons (Fsp3) is 0.200. The molecule has 4 heteroatoms. The number of amidine groups is 1. The second-order valence-corrected chi connectivity index (χ2v) is 1.72. The van der Waals surface area contributed by atoms with Crippen molar-refractivity contribution in [3.63, 3.8) is 0 Å². The Bertz CT molecular complexity index is 160. The van der Waals surface area contributed by atoms with Crippen molar-refractivity contribution in [1.82, 2.24) is 0 Å². The smallest absolute Gasteiger partial charge is 0.123 e. The maximum atomic E-state index is 6.74. The van der Waals surface area contributed by atoms with Crippen molar-refractivity contribution < 1.29 is 0 Å². The molecular weight excluding hydrogens is 138 g/mol. The Hall–Kier alpha value is -0.830. The summed E-state index contributed by atoms with van der Waals surface area (Å²) in [6.45, 7) is 0. The van der Waals surface area contributed by atoms with Crippen LogP contribution in [0.1, 0.15) is 0 Å². The maximum Gasteiger partial charge on any atom is 0.123 e. The molecular formula is C5H8ClN3. The molecule has 0 radical (unpaired) electrons. The third kappa shape index (κ3) is 5.03. The Labute approximate surface area is 58.7 Å². The highest BCUT2D eigenvalue weighted by atomic mass is 35.5. The molecule has 0 fully saturated rings. The van der Waals surface area contributed by atoms with Gasteiger partial charge >= 0.3 is 0 Å². The molecule has 9 heavy (non-hydrogen) atoms. The van der Waals surface area contributed by atoms with Crippen molar-refractivity contribution in [1.29, 1.82) is 5.41 Å². The molecule has 0 amide bonds. The van der Waals surface area contributed by atoms with Crippen LogP contribution < -0.4 is 5.73 Å². The van der Waals surface area contributed by atoms with Crippen LogP contribution in [-0.4, -0.2) is 18.1 Å². The third-order valence-corrected chi connectivity index (χ3v) is 0.909. The standard InChI is InChI=1S/C5H8ClN3/c1-9-4(6)2-3-5(7)8/h2-3H,1H3,(H3,7,8)/b3-2-,9-4+. The zero-order chi connectivity index (χ0) is 7.28. The minimum atomic E-state index is -0.0307. The number of hydrogen-bond acceptors (Lipinski definition) is 2. The topological polar surface area (TPSA) is 62.2 Å². The van der Waals surface area contributed by atoms with E-state index in [0.717, 1.165) is 0 Å². The highest BCUT2D eigenvalue weighted by molar-refractivity contribution is 6.68. The molecule has 0 saturated heterocycles. The molecule has 0 atom stereocenters. The van der Waals surface area contributed by atoms with Gasteiger partial charge in [0.15, 0.2) is 0 Å². The molecule has 0 aliphatic rings. The first-order valence-electron chi connectivity index (χ1n) is 2.31. The molecule has 0 heterocycles. The summed E-state index contributed by atoms with van der Waals surface area (Å²) in [7, 11) is 1.56. The van der Waals surface area contributed by atoms with Crippen LogP contribution in [0.3, 0.4) is 0 Å². The summed E-state index contributed by atoms with van der Waals surface area (Å²) in [5, 5.41) is 7.08. The summed E-state index contributed by atoms with van der Waals surface area (Å²) in [5.74, 6) is -0.0307. The Kier molecular flexibility index (Phi) is 3.71. The fourth-order valence-corrected chi connectivity index (χ4v) is 0.296. The van der Waals surface area contributed by atoms with E-state index in [1.54, 1.807) is 7.05 Å². The maximum absolute atomic E-state index is 6.74. The lowest BCUT2D eigenvalue weighted by Gasteiger charge is -1.83. The van der Waals surface area contributed by atoms with E-state index in [1.165, 1.54) is 12.2 Å². The van der Waals surface area contributed by atoms with Crippen molar-refractivity contribution in [2.75, 3.05) is 7.05 Å². The number of rotatable bonds is 2. The summed E-state index contributed by atoms with van der Waals surface area (Å²) in [6.07, 6.45) is 2.83. The van der Waals surface area contributed by atoms with E-state index >= 15 is 0 Å². The molecule has 0 rings (SSSR count). The van der Waals surface area contributed by atoms with Gasteiger partial charge in [0.05, 0.1) is 0 Å². The first kappa shape index (κ1) is 8.17. The van der Waals surface area contributed by atoms with Crippen LogP contribution in [0.5, 0.6) is 0 Å². The van der Waals surface area contributed by atoms with E-state index in [9.17, 15) is 0 Å². The number of nitrogens with one attached hydrogen (secondary N) is 1. The molecule has 0 aromatic rings. The van der Waals surface area contributed by atoms with Crippen molar-refractivity contribution >= 4 is 22.6 Å². The van der Waals surface area contributed by atoms with Gasteiger partial charge in [-0.15, -0.1) is 0 Å². The fourth-order valence-electron chi connectivity index (χ4n) is 0.233. The molecule has 3 N–H and O–H groups in total. The third-order valence-electron chi connectivity index (χ3n) is 0.614. The van der Waals surface area contributed by atoms with Crippen molar-refractivity contribution in [2.24, 2.45) is 10.7 Å². The monoisotopic (exact) mass is 145 g/mol. The Morgan fingerprint density at radius 3 is 2.56 bits per heavy atom. The first-order valence-corrected chi connectivity index (χ1v) is 2.69. The summed E-state index contributed by atoms with van der Waals surface area (Å²) in [5.41, 5.74) is 4.98. The van der Waals surface area contributed by atoms with Crippen LogP contribution in [0.4, 0.5) is 0 Å². The van der Waals surface area contributed by atoms with Gasteiger partial charge in [0.1, 0.15) is 11.0 Å². The van der Waals surface area contributed by atoms with Crippen LogP contribution in [0, 0.1) is 5.41 Å². The molecule has 3 nitrogen and oxygen atoms in total.